The fourth-order valence-corrected chi connectivity index (χ4v) is 4.06. The van der Waals surface area contributed by atoms with Crippen molar-refractivity contribution in [2.75, 3.05) is 19.3 Å². The fraction of sp³-hybridized carbons (Fsp3) is 0.231. The van der Waals surface area contributed by atoms with Gasteiger partial charge in [0.15, 0.2) is 5.82 Å². The van der Waals surface area contributed by atoms with Crippen LogP contribution in [0.5, 0.6) is 0 Å². The minimum absolute atomic E-state index is 0.0825. The van der Waals surface area contributed by atoms with Crippen LogP contribution in [-0.4, -0.2) is 26.3 Å². The van der Waals surface area contributed by atoms with Crippen molar-refractivity contribution in [3.05, 3.63) is 45.4 Å². The topological polar surface area (TPSA) is 63.4 Å². The largest absolute Gasteiger partial charge is 0.396 e. The normalized spacial score (nSPS) is 12.0. The van der Waals surface area contributed by atoms with Gasteiger partial charge in [0.2, 0.25) is 10.0 Å². The number of sulfonamides is 1. The number of likely N-dealkylation sites (N-methyl/N-ethyl adjacent to an activating group) is 1. The van der Waals surface area contributed by atoms with Gasteiger partial charge in [0.05, 0.1) is 5.69 Å². The standard InChI is InChI=1S/C13H14ClFN2O2S2/c1-17(5-4-10-3-2-6-20-10)21(18,19)12-8-9(14)7-11(16)13(12)15/h2-3,6-8H,4-5,16H2,1H3. The lowest BCUT2D eigenvalue weighted by Gasteiger charge is -2.18. The van der Waals surface area contributed by atoms with E-state index in [0.29, 0.717) is 6.42 Å². The van der Waals surface area contributed by atoms with Crippen molar-refractivity contribution in [3.8, 4) is 0 Å². The Morgan fingerprint density at radius 1 is 1.43 bits per heavy atom. The zero-order valence-corrected chi connectivity index (χ0v) is 13.6. The number of nitrogens with zero attached hydrogens (tertiary/aromatic N) is 1. The Hall–Kier alpha value is -1.15. The number of nitrogen functional groups attached to an aromatic ring is 1. The first-order chi connectivity index (χ1) is 9.82. The first-order valence-corrected chi connectivity index (χ1v) is 8.75. The minimum atomic E-state index is -3.97. The van der Waals surface area contributed by atoms with Crippen LogP contribution in [0, 0.1) is 5.82 Å². The van der Waals surface area contributed by atoms with Crippen molar-refractivity contribution in [2.24, 2.45) is 0 Å². The Bertz CT molecular complexity index is 733. The highest BCUT2D eigenvalue weighted by atomic mass is 35.5. The third-order valence-electron chi connectivity index (χ3n) is 2.97. The Labute approximate surface area is 132 Å². The summed E-state index contributed by atoms with van der Waals surface area (Å²) in [6.45, 7) is 0.245. The number of hydrogen-bond donors (Lipinski definition) is 1. The third-order valence-corrected chi connectivity index (χ3v) is 5.98. The molecule has 2 rings (SSSR count). The molecule has 4 nitrogen and oxygen atoms in total. The van der Waals surface area contributed by atoms with Crippen LogP contribution in [0.3, 0.4) is 0 Å². The van der Waals surface area contributed by atoms with Crippen LogP contribution in [0.4, 0.5) is 10.1 Å². The molecular weight excluding hydrogens is 335 g/mol. The molecule has 0 bridgehead atoms. The predicted octanol–water partition coefficient (Wildman–Crippen LogP) is 2.99. The number of thiophene rings is 1. The number of rotatable bonds is 5. The maximum Gasteiger partial charge on any atom is 0.245 e. The number of halogens is 2. The predicted molar refractivity (Wildman–Crippen MR) is 83.7 cm³/mol. The third kappa shape index (κ3) is 3.55. The van der Waals surface area contributed by atoms with Crippen LogP contribution >= 0.6 is 22.9 Å². The average Bonchev–Trinajstić information content (AvgIpc) is 2.93. The van der Waals surface area contributed by atoms with Crippen LogP contribution in [0.15, 0.2) is 34.5 Å². The Morgan fingerprint density at radius 2 is 2.14 bits per heavy atom. The molecule has 1 aromatic carbocycles. The Morgan fingerprint density at radius 3 is 2.76 bits per heavy atom. The summed E-state index contributed by atoms with van der Waals surface area (Å²) >= 11 is 7.31. The summed E-state index contributed by atoms with van der Waals surface area (Å²) in [5, 5.41) is 2.00. The van der Waals surface area contributed by atoms with Gasteiger partial charge >= 0.3 is 0 Å². The molecule has 0 unspecified atom stereocenters. The quantitative estimate of drug-likeness (QED) is 0.845. The molecule has 0 aliphatic carbocycles. The first kappa shape index (κ1) is 16.2. The smallest absolute Gasteiger partial charge is 0.245 e. The zero-order chi connectivity index (χ0) is 15.6. The van der Waals surface area contributed by atoms with Crippen molar-refractivity contribution in [1.29, 1.82) is 0 Å². The first-order valence-electron chi connectivity index (χ1n) is 6.05. The van der Waals surface area contributed by atoms with E-state index >= 15 is 0 Å². The molecule has 1 heterocycles. The second kappa shape index (κ2) is 6.31. The van der Waals surface area contributed by atoms with Crippen LogP contribution in [0.2, 0.25) is 5.02 Å². The molecule has 1 aromatic heterocycles. The highest BCUT2D eigenvalue weighted by Crippen LogP contribution is 2.27. The van der Waals surface area contributed by atoms with Crippen molar-refractivity contribution in [3.63, 3.8) is 0 Å². The molecule has 0 aliphatic heterocycles. The van der Waals surface area contributed by atoms with E-state index in [0.717, 1.165) is 15.2 Å². The SMILES string of the molecule is CN(CCc1cccs1)S(=O)(=O)c1cc(Cl)cc(N)c1F. The van der Waals surface area contributed by atoms with E-state index in [4.69, 9.17) is 17.3 Å². The minimum Gasteiger partial charge on any atom is -0.396 e. The van der Waals surface area contributed by atoms with Crippen molar-refractivity contribution in [2.45, 2.75) is 11.3 Å². The molecule has 2 N–H and O–H groups in total. The van der Waals surface area contributed by atoms with E-state index < -0.39 is 20.7 Å². The molecule has 0 saturated heterocycles. The monoisotopic (exact) mass is 348 g/mol. The number of anilines is 1. The number of nitrogens with two attached hydrogens (primary N) is 1. The van der Waals surface area contributed by atoms with Crippen LogP contribution in [-0.2, 0) is 16.4 Å². The van der Waals surface area contributed by atoms with Gasteiger partial charge in [-0.3, -0.25) is 0 Å². The van der Waals surface area contributed by atoms with Gasteiger partial charge in [0.1, 0.15) is 4.90 Å². The molecule has 0 aliphatic rings. The summed E-state index contributed by atoms with van der Waals surface area (Å²) in [7, 11) is -2.57. The van der Waals surface area contributed by atoms with Gasteiger partial charge < -0.3 is 5.73 Å². The molecule has 114 valence electrons. The van der Waals surface area contributed by atoms with Gasteiger partial charge in [-0.15, -0.1) is 11.3 Å². The van der Waals surface area contributed by atoms with Crippen LogP contribution in [0.1, 0.15) is 4.88 Å². The number of hydrogen-bond acceptors (Lipinski definition) is 4. The summed E-state index contributed by atoms with van der Waals surface area (Å²) in [6, 6.07) is 6.07. The van der Waals surface area contributed by atoms with Gasteiger partial charge in [-0.1, -0.05) is 17.7 Å². The van der Waals surface area contributed by atoms with E-state index in [1.54, 1.807) is 11.3 Å². The fourth-order valence-electron chi connectivity index (χ4n) is 1.78. The molecule has 0 atom stereocenters. The maximum atomic E-state index is 14.0. The van der Waals surface area contributed by atoms with Gasteiger partial charge in [-0.2, -0.15) is 0 Å². The molecule has 0 radical (unpaired) electrons. The lowest BCUT2D eigenvalue weighted by atomic mass is 10.3. The lowest BCUT2D eigenvalue weighted by Crippen LogP contribution is -2.29. The van der Waals surface area contributed by atoms with Gasteiger partial charge in [0, 0.05) is 23.5 Å². The van der Waals surface area contributed by atoms with Crippen molar-refractivity contribution < 1.29 is 12.8 Å². The summed E-state index contributed by atoms with van der Waals surface area (Å²) in [5.74, 6) is -0.970. The van der Waals surface area contributed by atoms with Gasteiger partial charge in [-0.05, 0) is 30.0 Å². The van der Waals surface area contributed by atoms with Crippen molar-refractivity contribution >= 4 is 38.6 Å². The highest BCUT2D eigenvalue weighted by Gasteiger charge is 2.26. The summed E-state index contributed by atoms with van der Waals surface area (Å²) < 4.78 is 39.8. The molecular formula is C13H14ClFN2O2S2. The highest BCUT2D eigenvalue weighted by molar-refractivity contribution is 7.89. The Kier molecular flexibility index (Phi) is 4.88. The molecule has 2 aromatic rings. The van der Waals surface area contributed by atoms with E-state index in [-0.39, 0.29) is 17.3 Å². The van der Waals surface area contributed by atoms with E-state index in [9.17, 15) is 12.8 Å². The molecule has 8 heteroatoms. The number of benzene rings is 1. The summed E-state index contributed by atoms with van der Waals surface area (Å²) in [4.78, 5) is 0.560. The van der Waals surface area contributed by atoms with Gasteiger partial charge in [0.25, 0.3) is 0 Å². The summed E-state index contributed by atoms with van der Waals surface area (Å²) in [5.41, 5.74) is 5.14. The van der Waals surface area contributed by atoms with Crippen LogP contribution in [0.25, 0.3) is 0 Å². The molecule has 0 fully saturated rings. The zero-order valence-electron chi connectivity index (χ0n) is 11.2. The van der Waals surface area contributed by atoms with E-state index in [2.05, 4.69) is 0 Å². The molecule has 0 amide bonds. The summed E-state index contributed by atoms with van der Waals surface area (Å²) in [6.07, 6.45) is 0.561. The Balaban J connectivity index is 2.25. The van der Waals surface area contributed by atoms with Crippen molar-refractivity contribution in [1.82, 2.24) is 4.31 Å². The van der Waals surface area contributed by atoms with Crippen LogP contribution < -0.4 is 5.73 Å². The second-order valence-corrected chi connectivity index (χ2v) is 7.95. The average molecular weight is 349 g/mol. The van der Waals surface area contributed by atoms with E-state index in [1.165, 1.54) is 13.1 Å². The molecule has 0 saturated carbocycles. The molecule has 0 spiro atoms. The maximum absolute atomic E-state index is 14.0. The lowest BCUT2D eigenvalue weighted by molar-refractivity contribution is 0.466. The van der Waals surface area contributed by atoms with Gasteiger partial charge in [-0.25, -0.2) is 17.1 Å². The molecule has 21 heavy (non-hydrogen) atoms. The van der Waals surface area contributed by atoms with E-state index in [1.807, 2.05) is 17.5 Å². The second-order valence-electron chi connectivity index (χ2n) is 4.46.